The Morgan fingerprint density at radius 3 is 0.875 bits per heavy atom. The Hall–Kier alpha value is -0.730. The SMILES string of the molecule is CCCCCCCCCCCCCCN(CCCCCCCCCCCCCC)C(=O)O. The van der Waals surface area contributed by atoms with Gasteiger partial charge in [-0.05, 0) is 12.8 Å². The second-order valence-corrected chi connectivity index (χ2v) is 10.0. The van der Waals surface area contributed by atoms with Crippen LogP contribution in [-0.4, -0.2) is 29.2 Å². The first-order valence-corrected chi connectivity index (χ1v) is 14.7. The van der Waals surface area contributed by atoms with E-state index in [2.05, 4.69) is 13.8 Å². The number of amides is 1. The van der Waals surface area contributed by atoms with Crippen LogP contribution in [0.2, 0.25) is 0 Å². The van der Waals surface area contributed by atoms with Crippen molar-refractivity contribution in [1.29, 1.82) is 0 Å². The third-order valence-corrected chi connectivity index (χ3v) is 6.83. The van der Waals surface area contributed by atoms with Gasteiger partial charge in [0.15, 0.2) is 0 Å². The molecule has 0 atom stereocenters. The van der Waals surface area contributed by atoms with E-state index in [1.54, 1.807) is 4.90 Å². The van der Waals surface area contributed by atoms with E-state index in [0.717, 1.165) is 25.9 Å². The second kappa shape index (κ2) is 26.5. The molecule has 0 aromatic heterocycles. The van der Waals surface area contributed by atoms with Crippen molar-refractivity contribution < 1.29 is 9.90 Å². The Morgan fingerprint density at radius 1 is 0.438 bits per heavy atom. The first-order chi connectivity index (χ1) is 15.7. The van der Waals surface area contributed by atoms with Gasteiger partial charge in [0.25, 0.3) is 0 Å². The zero-order chi connectivity index (χ0) is 23.5. The van der Waals surface area contributed by atoms with E-state index in [9.17, 15) is 9.90 Å². The summed E-state index contributed by atoms with van der Waals surface area (Å²) in [5, 5.41) is 9.45. The molecule has 0 aliphatic carbocycles. The predicted octanol–water partition coefficient (Wildman–Crippen LogP) is 10.4. The minimum atomic E-state index is -0.726. The molecule has 32 heavy (non-hydrogen) atoms. The van der Waals surface area contributed by atoms with Crippen LogP contribution in [0.5, 0.6) is 0 Å². The average molecular weight is 454 g/mol. The van der Waals surface area contributed by atoms with Crippen molar-refractivity contribution in [2.24, 2.45) is 0 Å². The molecule has 0 heterocycles. The lowest BCUT2D eigenvalue weighted by molar-refractivity contribution is 0.143. The summed E-state index contributed by atoms with van der Waals surface area (Å²) in [4.78, 5) is 13.1. The standard InChI is InChI=1S/C29H59NO2/c1-3-5-7-9-11-13-15-17-19-21-23-25-27-30(29(31)32)28-26-24-22-20-18-16-14-12-10-8-6-4-2/h3-28H2,1-2H3,(H,31,32). The second-order valence-electron chi connectivity index (χ2n) is 10.0. The molecule has 3 nitrogen and oxygen atoms in total. The van der Waals surface area contributed by atoms with Crippen molar-refractivity contribution in [3.05, 3.63) is 0 Å². The third kappa shape index (κ3) is 23.9. The van der Waals surface area contributed by atoms with Crippen molar-refractivity contribution >= 4 is 6.09 Å². The summed E-state index contributed by atoms with van der Waals surface area (Å²) in [6, 6.07) is 0. The fourth-order valence-electron chi connectivity index (χ4n) is 4.59. The summed E-state index contributed by atoms with van der Waals surface area (Å²) < 4.78 is 0. The highest BCUT2D eigenvalue weighted by Gasteiger charge is 2.10. The van der Waals surface area contributed by atoms with Crippen LogP contribution in [0.15, 0.2) is 0 Å². The van der Waals surface area contributed by atoms with Gasteiger partial charge in [0.2, 0.25) is 0 Å². The molecule has 192 valence electrons. The molecule has 0 saturated heterocycles. The van der Waals surface area contributed by atoms with E-state index in [-0.39, 0.29) is 0 Å². The van der Waals surface area contributed by atoms with Crippen molar-refractivity contribution in [1.82, 2.24) is 4.90 Å². The molecule has 0 spiro atoms. The summed E-state index contributed by atoms with van der Waals surface area (Å²) >= 11 is 0. The van der Waals surface area contributed by atoms with Gasteiger partial charge in [-0.1, -0.05) is 155 Å². The summed E-state index contributed by atoms with van der Waals surface area (Å²) in [6.07, 6.45) is 31.1. The maximum atomic E-state index is 11.5. The van der Waals surface area contributed by atoms with Crippen molar-refractivity contribution in [2.75, 3.05) is 13.1 Å². The molecule has 0 aromatic carbocycles. The summed E-state index contributed by atoms with van der Waals surface area (Å²) in [7, 11) is 0. The van der Waals surface area contributed by atoms with Crippen LogP contribution in [0.4, 0.5) is 4.79 Å². The molecular weight excluding hydrogens is 394 g/mol. The van der Waals surface area contributed by atoms with Crippen LogP contribution in [0, 0.1) is 0 Å². The fourth-order valence-corrected chi connectivity index (χ4v) is 4.59. The Morgan fingerprint density at radius 2 is 0.656 bits per heavy atom. The Bertz CT molecular complexity index is 344. The van der Waals surface area contributed by atoms with Gasteiger partial charge < -0.3 is 10.0 Å². The van der Waals surface area contributed by atoms with Crippen LogP contribution in [0.1, 0.15) is 168 Å². The highest BCUT2D eigenvalue weighted by Crippen LogP contribution is 2.14. The average Bonchev–Trinajstić information content (AvgIpc) is 2.78. The first kappa shape index (κ1) is 31.3. The monoisotopic (exact) mass is 453 g/mol. The number of hydrogen-bond acceptors (Lipinski definition) is 1. The quantitative estimate of drug-likeness (QED) is 0.132. The molecule has 0 radical (unpaired) electrons. The van der Waals surface area contributed by atoms with Crippen molar-refractivity contribution in [2.45, 2.75) is 168 Å². The topological polar surface area (TPSA) is 40.5 Å². The number of nitrogens with zero attached hydrogens (tertiary/aromatic N) is 1. The van der Waals surface area contributed by atoms with Crippen LogP contribution >= 0.6 is 0 Å². The first-order valence-electron chi connectivity index (χ1n) is 14.7. The molecule has 0 aliphatic rings. The van der Waals surface area contributed by atoms with E-state index in [1.165, 1.54) is 141 Å². The Kier molecular flexibility index (Phi) is 25.9. The van der Waals surface area contributed by atoms with Crippen LogP contribution in [-0.2, 0) is 0 Å². The Labute approximate surface area is 202 Å². The maximum absolute atomic E-state index is 11.5. The molecule has 0 fully saturated rings. The zero-order valence-electron chi connectivity index (χ0n) is 22.2. The van der Waals surface area contributed by atoms with E-state index in [1.807, 2.05) is 0 Å². The van der Waals surface area contributed by atoms with Crippen LogP contribution < -0.4 is 0 Å². The molecule has 0 unspecified atom stereocenters. The lowest BCUT2D eigenvalue weighted by Crippen LogP contribution is -2.31. The van der Waals surface area contributed by atoms with Gasteiger partial charge in [-0.15, -0.1) is 0 Å². The summed E-state index contributed by atoms with van der Waals surface area (Å²) in [5.41, 5.74) is 0. The largest absolute Gasteiger partial charge is 0.465 e. The number of carbonyl (C=O) groups is 1. The number of rotatable bonds is 26. The number of unbranched alkanes of at least 4 members (excludes halogenated alkanes) is 22. The van der Waals surface area contributed by atoms with E-state index in [0.29, 0.717) is 0 Å². The van der Waals surface area contributed by atoms with Gasteiger partial charge >= 0.3 is 6.09 Å². The fraction of sp³-hybridized carbons (Fsp3) is 0.966. The van der Waals surface area contributed by atoms with Gasteiger partial charge in [-0.25, -0.2) is 4.79 Å². The van der Waals surface area contributed by atoms with Gasteiger partial charge in [0.05, 0.1) is 0 Å². The van der Waals surface area contributed by atoms with E-state index < -0.39 is 6.09 Å². The lowest BCUT2D eigenvalue weighted by Gasteiger charge is -2.19. The molecule has 1 N–H and O–H groups in total. The highest BCUT2D eigenvalue weighted by atomic mass is 16.4. The minimum absolute atomic E-state index is 0.726. The normalized spacial score (nSPS) is 11.2. The molecule has 0 saturated carbocycles. The molecule has 1 amide bonds. The summed E-state index contributed by atoms with van der Waals surface area (Å²) in [5.74, 6) is 0. The minimum Gasteiger partial charge on any atom is -0.465 e. The molecule has 0 rings (SSSR count). The molecule has 0 aliphatic heterocycles. The number of hydrogen-bond donors (Lipinski definition) is 1. The third-order valence-electron chi connectivity index (χ3n) is 6.83. The van der Waals surface area contributed by atoms with Gasteiger partial charge in [-0.2, -0.15) is 0 Å². The highest BCUT2D eigenvalue weighted by molar-refractivity contribution is 5.64. The van der Waals surface area contributed by atoms with E-state index >= 15 is 0 Å². The summed E-state index contributed by atoms with van der Waals surface area (Å²) in [6.45, 7) is 6.00. The van der Waals surface area contributed by atoms with Crippen molar-refractivity contribution in [3.8, 4) is 0 Å². The van der Waals surface area contributed by atoms with E-state index in [4.69, 9.17) is 0 Å². The molecule has 0 aromatic rings. The lowest BCUT2D eigenvalue weighted by atomic mass is 10.0. The predicted molar refractivity (Wildman–Crippen MR) is 142 cm³/mol. The van der Waals surface area contributed by atoms with Gasteiger partial charge in [-0.3, -0.25) is 0 Å². The van der Waals surface area contributed by atoms with Gasteiger partial charge in [0, 0.05) is 13.1 Å². The number of carboxylic acid groups (broad SMARTS) is 1. The van der Waals surface area contributed by atoms with Crippen molar-refractivity contribution in [3.63, 3.8) is 0 Å². The smallest absolute Gasteiger partial charge is 0.407 e. The maximum Gasteiger partial charge on any atom is 0.407 e. The van der Waals surface area contributed by atoms with Crippen LogP contribution in [0.3, 0.4) is 0 Å². The zero-order valence-corrected chi connectivity index (χ0v) is 22.2. The molecule has 3 heteroatoms. The molecule has 0 bridgehead atoms. The molecular formula is C29H59NO2. The van der Waals surface area contributed by atoms with Gasteiger partial charge in [0.1, 0.15) is 0 Å². The van der Waals surface area contributed by atoms with Crippen LogP contribution in [0.25, 0.3) is 0 Å². The Balaban J connectivity index is 3.42.